The van der Waals surface area contributed by atoms with Crippen molar-refractivity contribution < 1.29 is 8.42 Å². The minimum Gasteiger partial charge on any atom is -0.347 e. The smallest absolute Gasteiger partial charge is 0.280 e. The number of H-pyrrole nitrogens is 1. The van der Waals surface area contributed by atoms with E-state index in [0.29, 0.717) is 12.4 Å². The Morgan fingerprint density at radius 3 is 3.05 bits per heavy atom. The third-order valence-electron chi connectivity index (χ3n) is 3.67. The van der Waals surface area contributed by atoms with E-state index < -0.39 is 10.2 Å². The zero-order chi connectivity index (χ0) is 15.1. The van der Waals surface area contributed by atoms with E-state index in [-0.39, 0.29) is 12.6 Å². The normalized spacial score (nSPS) is 20.7. The minimum atomic E-state index is -3.46. The van der Waals surface area contributed by atoms with Gasteiger partial charge in [-0.15, -0.1) is 0 Å². The van der Waals surface area contributed by atoms with Gasteiger partial charge in [-0.05, 0) is 25.8 Å². The summed E-state index contributed by atoms with van der Waals surface area (Å²) in [6.45, 7) is 4.53. The lowest BCUT2D eigenvalue weighted by molar-refractivity contribution is 0.243. The van der Waals surface area contributed by atoms with E-state index in [1.807, 2.05) is 0 Å². The molecule has 1 saturated heterocycles. The molecule has 2 rings (SSSR count). The first-order valence-corrected chi connectivity index (χ1v) is 9.03. The van der Waals surface area contributed by atoms with E-state index >= 15 is 0 Å². The molecular formula is C13H25N5O2S. The summed E-state index contributed by atoms with van der Waals surface area (Å²) in [5.41, 5.74) is 0. The molecular weight excluding hydrogens is 290 g/mol. The molecule has 1 fully saturated rings. The fourth-order valence-corrected chi connectivity index (χ4v) is 4.00. The Morgan fingerprint density at radius 2 is 2.33 bits per heavy atom. The van der Waals surface area contributed by atoms with E-state index in [1.165, 1.54) is 0 Å². The molecule has 0 spiro atoms. The molecule has 0 radical (unpaired) electrons. The highest BCUT2D eigenvalue weighted by Gasteiger charge is 2.31. The van der Waals surface area contributed by atoms with E-state index in [1.54, 1.807) is 16.7 Å². The van der Waals surface area contributed by atoms with Gasteiger partial charge in [-0.25, -0.2) is 4.98 Å². The third kappa shape index (κ3) is 4.77. The molecule has 1 aliphatic heterocycles. The van der Waals surface area contributed by atoms with Crippen LogP contribution in [0.2, 0.25) is 0 Å². The van der Waals surface area contributed by atoms with Crippen LogP contribution in [0.1, 0.15) is 38.4 Å². The molecule has 0 aliphatic carbocycles. The number of nitrogens with zero attached hydrogens (tertiary/aromatic N) is 2. The zero-order valence-electron chi connectivity index (χ0n) is 12.5. The topological polar surface area (TPSA) is 90.1 Å². The number of aromatic nitrogens is 2. The first kappa shape index (κ1) is 16.4. The van der Waals surface area contributed by atoms with Gasteiger partial charge < -0.3 is 10.3 Å². The van der Waals surface area contributed by atoms with E-state index in [4.69, 9.17) is 0 Å². The first-order valence-electron chi connectivity index (χ1n) is 7.59. The van der Waals surface area contributed by atoms with Crippen molar-refractivity contribution in [2.75, 3.05) is 19.6 Å². The predicted molar refractivity (Wildman–Crippen MR) is 81.9 cm³/mol. The molecule has 1 unspecified atom stereocenters. The molecule has 0 aromatic carbocycles. The van der Waals surface area contributed by atoms with Gasteiger partial charge >= 0.3 is 0 Å². The molecule has 1 atom stereocenters. The fraction of sp³-hybridized carbons (Fsp3) is 0.769. The third-order valence-corrected chi connectivity index (χ3v) is 5.27. The maximum absolute atomic E-state index is 12.5. The Morgan fingerprint density at radius 1 is 1.48 bits per heavy atom. The number of hydrogen-bond donors (Lipinski definition) is 3. The van der Waals surface area contributed by atoms with Gasteiger partial charge in [-0.2, -0.15) is 17.4 Å². The number of rotatable bonds is 8. The highest BCUT2D eigenvalue weighted by atomic mass is 32.2. The Balaban J connectivity index is 1.94. The van der Waals surface area contributed by atoms with Crippen molar-refractivity contribution in [2.24, 2.45) is 0 Å². The minimum absolute atomic E-state index is 0.0411. The molecule has 1 aromatic rings. The highest BCUT2D eigenvalue weighted by Crippen LogP contribution is 2.19. The molecule has 7 nitrogen and oxygen atoms in total. The van der Waals surface area contributed by atoms with Crippen LogP contribution in [0.15, 0.2) is 12.4 Å². The van der Waals surface area contributed by atoms with Gasteiger partial charge in [0.05, 0.1) is 6.54 Å². The molecule has 0 saturated carbocycles. The summed E-state index contributed by atoms with van der Waals surface area (Å²) in [7, 11) is -3.46. The van der Waals surface area contributed by atoms with Gasteiger partial charge in [0.15, 0.2) is 0 Å². The molecule has 8 heteroatoms. The summed E-state index contributed by atoms with van der Waals surface area (Å²) in [5.74, 6) is 0.622. The summed E-state index contributed by atoms with van der Waals surface area (Å²) in [6, 6.07) is 0.0411. The zero-order valence-corrected chi connectivity index (χ0v) is 13.3. The van der Waals surface area contributed by atoms with Gasteiger partial charge in [-0.1, -0.05) is 13.3 Å². The van der Waals surface area contributed by atoms with Gasteiger partial charge in [0.2, 0.25) is 0 Å². The second kappa shape index (κ2) is 7.88. The van der Waals surface area contributed by atoms with Gasteiger partial charge in [0.25, 0.3) is 10.2 Å². The molecule has 120 valence electrons. The average Bonchev–Trinajstić information content (AvgIpc) is 2.99. The van der Waals surface area contributed by atoms with Gasteiger partial charge in [0.1, 0.15) is 5.82 Å². The molecule has 0 bridgehead atoms. The summed E-state index contributed by atoms with van der Waals surface area (Å²) in [4.78, 5) is 6.93. The van der Waals surface area contributed by atoms with E-state index in [2.05, 4.69) is 26.9 Å². The quantitative estimate of drug-likeness (QED) is 0.613. The van der Waals surface area contributed by atoms with Crippen LogP contribution in [0.3, 0.4) is 0 Å². The Bertz CT molecular complexity index is 503. The predicted octanol–water partition coefficient (Wildman–Crippen LogP) is 0.598. The first-order chi connectivity index (χ1) is 10.1. The van der Waals surface area contributed by atoms with E-state index in [9.17, 15) is 8.42 Å². The Labute approximate surface area is 126 Å². The number of nitrogens with one attached hydrogen (secondary N) is 3. The van der Waals surface area contributed by atoms with Gasteiger partial charge in [0, 0.05) is 31.5 Å². The maximum Gasteiger partial charge on any atom is 0.280 e. The van der Waals surface area contributed by atoms with Crippen molar-refractivity contribution in [1.82, 2.24) is 24.3 Å². The Kier molecular flexibility index (Phi) is 6.16. The molecule has 21 heavy (non-hydrogen) atoms. The lowest BCUT2D eigenvalue weighted by atomic mass is 10.1. The Hall–Kier alpha value is -0.960. The van der Waals surface area contributed by atoms with Crippen molar-refractivity contribution in [3.8, 4) is 0 Å². The second-order valence-corrected chi connectivity index (χ2v) is 7.03. The fourth-order valence-electron chi connectivity index (χ4n) is 2.58. The summed E-state index contributed by atoms with van der Waals surface area (Å²) < 4.78 is 29.2. The SMILES string of the molecule is CCCNCC1CCCCN1S(=O)(=O)NCc1ncc[nH]1. The number of imidazole rings is 1. The second-order valence-electron chi connectivity index (χ2n) is 5.33. The summed E-state index contributed by atoms with van der Waals surface area (Å²) >= 11 is 0. The van der Waals surface area contributed by atoms with Crippen LogP contribution < -0.4 is 10.0 Å². The molecule has 0 amide bonds. The van der Waals surface area contributed by atoms with Crippen LogP contribution in [0.4, 0.5) is 0 Å². The number of aromatic amines is 1. The molecule has 1 aliphatic rings. The van der Waals surface area contributed by atoms with Crippen LogP contribution in [0.25, 0.3) is 0 Å². The van der Waals surface area contributed by atoms with Crippen molar-refractivity contribution in [2.45, 2.75) is 45.2 Å². The van der Waals surface area contributed by atoms with E-state index in [0.717, 1.165) is 38.8 Å². The maximum atomic E-state index is 12.5. The van der Waals surface area contributed by atoms with Crippen molar-refractivity contribution in [3.05, 3.63) is 18.2 Å². The van der Waals surface area contributed by atoms with Crippen LogP contribution >= 0.6 is 0 Å². The van der Waals surface area contributed by atoms with Crippen LogP contribution in [-0.4, -0.2) is 48.4 Å². The summed E-state index contributed by atoms with van der Waals surface area (Å²) in [5, 5.41) is 3.32. The lowest BCUT2D eigenvalue weighted by Crippen LogP contribution is -2.52. The monoisotopic (exact) mass is 315 g/mol. The lowest BCUT2D eigenvalue weighted by Gasteiger charge is -2.34. The highest BCUT2D eigenvalue weighted by molar-refractivity contribution is 7.87. The molecule has 1 aromatic heterocycles. The van der Waals surface area contributed by atoms with Crippen molar-refractivity contribution >= 4 is 10.2 Å². The van der Waals surface area contributed by atoms with Crippen LogP contribution in [-0.2, 0) is 16.8 Å². The largest absolute Gasteiger partial charge is 0.347 e. The molecule has 2 heterocycles. The molecule has 3 N–H and O–H groups in total. The van der Waals surface area contributed by atoms with Crippen molar-refractivity contribution in [3.63, 3.8) is 0 Å². The van der Waals surface area contributed by atoms with Crippen molar-refractivity contribution in [1.29, 1.82) is 0 Å². The number of piperidine rings is 1. The van der Waals surface area contributed by atoms with Crippen LogP contribution in [0, 0.1) is 0 Å². The number of hydrogen-bond acceptors (Lipinski definition) is 4. The van der Waals surface area contributed by atoms with Crippen LogP contribution in [0.5, 0.6) is 0 Å². The summed E-state index contributed by atoms with van der Waals surface area (Å²) in [6.07, 6.45) is 7.27. The standard InChI is InChI=1S/C13H25N5O2S/c1-2-6-14-10-12-5-3-4-9-18(12)21(19,20)17-11-13-15-7-8-16-13/h7-8,12,14,17H,2-6,9-11H2,1H3,(H,15,16). The van der Waals surface area contributed by atoms with Gasteiger partial charge in [-0.3, -0.25) is 0 Å². The average molecular weight is 315 g/mol.